The van der Waals surface area contributed by atoms with E-state index in [-0.39, 0.29) is 5.82 Å². The first-order chi connectivity index (χ1) is 7.20. The first-order valence-corrected chi connectivity index (χ1v) is 6.17. The van der Waals surface area contributed by atoms with Crippen LogP contribution in [0.3, 0.4) is 0 Å². The Bertz CT molecular complexity index is 353. The molecule has 1 aliphatic rings. The SMILES string of the molecule is CCC1CC1NCc1cc(F)ccc1Br. The lowest BCUT2D eigenvalue weighted by atomic mass is 10.2. The molecule has 1 aromatic rings. The fourth-order valence-corrected chi connectivity index (χ4v) is 2.26. The van der Waals surface area contributed by atoms with E-state index in [2.05, 4.69) is 28.2 Å². The summed E-state index contributed by atoms with van der Waals surface area (Å²) < 4.78 is 14.0. The van der Waals surface area contributed by atoms with E-state index in [9.17, 15) is 4.39 Å². The molecule has 0 aromatic heterocycles. The highest BCUT2D eigenvalue weighted by Gasteiger charge is 2.34. The largest absolute Gasteiger partial charge is 0.310 e. The van der Waals surface area contributed by atoms with Crippen LogP contribution in [0.2, 0.25) is 0 Å². The first-order valence-electron chi connectivity index (χ1n) is 5.38. The predicted octanol–water partition coefficient (Wildman–Crippen LogP) is 3.48. The van der Waals surface area contributed by atoms with E-state index in [0.717, 1.165) is 22.5 Å². The standard InChI is InChI=1S/C12H15BrFN/c1-2-8-6-12(8)15-7-9-5-10(14)3-4-11(9)13/h3-5,8,12,15H,2,6-7H2,1H3. The zero-order chi connectivity index (χ0) is 10.8. The van der Waals surface area contributed by atoms with E-state index in [1.54, 1.807) is 12.1 Å². The Morgan fingerprint density at radius 1 is 1.53 bits per heavy atom. The molecule has 3 heteroatoms. The summed E-state index contributed by atoms with van der Waals surface area (Å²) in [4.78, 5) is 0. The van der Waals surface area contributed by atoms with Gasteiger partial charge in [0.1, 0.15) is 5.82 Å². The molecule has 1 aliphatic carbocycles. The van der Waals surface area contributed by atoms with Crippen LogP contribution in [-0.4, -0.2) is 6.04 Å². The second-order valence-electron chi connectivity index (χ2n) is 4.13. The first kappa shape index (κ1) is 11.1. The van der Waals surface area contributed by atoms with Crippen LogP contribution in [0.5, 0.6) is 0 Å². The minimum absolute atomic E-state index is 0.169. The van der Waals surface area contributed by atoms with Gasteiger partial charge in [-0.1, -0.05) is 29.3 Å². The highest BCUT2D eigenvalue weighted by molar-refractivity contribution is 9.10. The Morgan fingerprint density at radius 3 is 3.00 bits per heavy atom. The third kappa shape index (κ3) is 2.79. The minimum atomic E-state index is -0.169. The van der Waals surface area contributed by atoms with Gasteiger partial charge in [-0.2, -0.15) is 0 Å². The molecule has 2 atom stereocenters. The maximum atomic E-state index is 13.0. The highest BCUT2D eigenvalue weighted by Crippen LogP contribution is 2.33. The maximum absolute atomic E-state index is 13.0. The average molecular weight is 272 g/mol. The van der Waals surface area contributed by atoms with Crippen LogP contribution >= 0.6 is 15.9 Å². The quantitative estimate of drug-likeness (QED) is 0.884. The summed E-state index contributed by atoms with van der Waals surface area (Å²) in [7, 11) is 0. The van der Waals surface area contributed by atoms with Crippen LogP contribution in [0.1, 0.15) is 25.3 Å². The lowest BCUT2D eigenvalue weighted by Crippen LogP contribution is -2.17. The molecule has 1 N–H and O–H groups in total. The summed E-state index contributed by atoms with van der Waals surface area (Å²) >= 11 is 3.43. The van der Waals surface area contributed by atoms with Gasteiger partial charge in [-0.15, -0.1) is 0 Å². The van der Waals surface area contributed by atoms with Crippen LogP contribution in [-0.2, 0) is 6.54 Å². The molecule has 0 radical (unpaired) electrons. The van der Waals surface area contributed by atoms with Gasteiger partial charge in [0, 0.05) is 17.1 Å². The molecule has 1 aromatic carbocycles. The van der Waals surface area contributed by atoms with E-state index >= 15 is 0 Å². The van der Waals surface area contributed by atoms with Gasteiger partial charge < -0.3 is 5.32 Å². The summed E-state index contributed by atoms with van der Waals surface area (Å²) in [6, 6.07) is 5.46. The molecule has 0 amide bonds. The molecule has 0 bridgehead atoms. The molecular formula is C12H15BrFN. The molecule has 2 rings (SSSR count). The number of nitrogens with one attached hydrogen (secondary N) is 1. The Hall–Kier alpha value is -0.410. The summed E-state index contributed by atoms with van der Waals surface area (Å²) in [6.07, 6.45) is 2.51. The van der Waals surface area contributed by atoms with E-state index in [1.165, 1.54) is 18.9 Å². The topological polar surface area (TPSA) is 12.0 Å². The number of halogens is 2. The Labute approximate surface area is 98.2 Å². The molecule has 1 saturated carbocycles. The smallest absolute Gasteiger partial charge is 0.123 e. The second-order valence-corrected chi connectivity index (χ2v) is 4.98. The molecule has 82 valence electrons. The molecule has 1 fully saturated rings. The van der Waals surface area contributed by atoms with Crippen molar-refractivity contribution in [1.29, 1.82) is 0 Å². The monoisotopic (exact) mass is 271 g/mol. The van der Waals surface area contributed by atoms with E-state index in [0.29, 0.717) is 6.04 Å². The van der Waals surface area contributed by atoms with Crippen LogP contribution in [0, 0.1) is 11.7 Å². The second kappa shape index (κ2) is 4.62. The third-order valence-electron chi connectivity index (χ3n) is 3.01. The zero-order valence-corrected chi connectivity index (χ0v) is 10.3. The third-order valence-corrected chi connectivity index (χ3v) is 3.78. The Kier molecular flexibility index (Phi) is 3.42. The number of benzene rings is 1. The molecule has 1 nitrogen and oxygen atoms in total. The summed E-state index contributed by atoms with van der Waals surface area (Å²) in [6.45, 7) is 2.96. The van der Waals surface area contributed by atoms with Crippen molar-refractivity contribution in [2.45, 2.75) is 32.4 Å². The minimum Gasteiger partial charge on any atom is -0.310 e. The number of hydrogen-bond acceptors (Lipinski definition) is 1. The average Bonchev–Trinajstić information content (AvgIpc) is 2.98. The van der Waals surface area contributed by atoms with Crippen molar-refractivity contribution in [3.05, 3.63) is 34.1 Å². The maximum Gasteiger partial charge on any atom is 0.123 e. The number of hydrogen-bond donors (Lipinski definition) is 1. The van der Waals surface area contributed by atoms with Crippen molar-refractivity contribution in [2.24, 2.45) is 5.92 Å². The normalized spacial score (nSPS) is 24.2. The zero-order valence-electron chi connectivity index (χ0n) is 8.76. The van der Waals surface area contributed by atoms with Crippen LogP contribution < -0.4 is 5.32 Å². The summed E-state index contributed by atoms with van der Waals surface area (Å²) in [5.74, 6) is 0.662. The van der Waals surface area contributed by atoms with Crippen molar-refractivity contribution in [3.63, 3.8) is 0 Å². The van der Waals surface area contributed by atoms with Crippen molar-refractivity contribution >= 4 is 15.9 Å². The van der Waals surface area contributed by atoms with Gasteiger partial charge in [0.15, 0.2) is 0 Å². The van der Waals surface area contributed by atoms with Crippen LogP contribution in [0.25, 0.3) is 0 Å². The molecule has 0 heterocycles. The van der Waals surface area contributed by atoms with Gasteiger partial charge in [0.25, 0.3) is 0 Å². The summed E-state index contributed by atoms with van der Waals surface area (Å²) in [5.41, 5.74) is 0.997. The van der Waals surface area contributed by atoms with Crippen molar-refractivity contribution in [1.82, 2.24) is 5.32 Å². The molecule has 2 unspecified atom stereocenters. The fraction of sp³-hybridized carbons (Fsp3) is 0.500. The van der Waals surface area contributed by atoms with Gasteiger partial charge in [0.2, 0.25) is 0 Å². The fourth-order valence-electron chi connectivity index (χ4n) is 1.87. The van der Waals surface area contributed by atoms with E-state index in [1.807, 2.05) is 0 Å². The van der Waals surface area contributed by atoms with Gasteiger partial charge in [-0.05, 0) is 36.1 Å². The lowest BCUT2D eigenvalue weighted by Gasteiger charge is -2.06. The molecule has 15 heavy (non-hydrogen) atoms. The highest BCUT2D eigenvalue weighted by atomic mass is 79.9. The van der Waals surface area contributed by atoms with Crippen molar-refractivity contribution in [2.75, 3.05) is 0 Å². The molecule has 0 saturated heterocycles. The van der Waals surface area contributed by atoms with E-state index in [4.69, 9.17) is 0 Å². The Morgan fingerprint density at radius 2 is 2.33 bits per heavy atom. The molecule has 0 aliphatic heterocycles. The predicted molar refractivity (Wildman–Crippen MR) is 63.1 cm³/mol. The van der Waals surface area contributed by atoms with Crippen LogP contribution in [0.15, 0.2) is 22.7 Å². The van der Waals surface area contributed by atoms with Gasteiger partial charge >= 0.3 is 0 Å². The van der Waals surface area contributed by atoms with Gasteiger partial charge in [-0.3, -0.25) is 0 Å². The Balaban J connectivity index is 1.91. The van der Waals surface area contributed by atoms with Crippen LogP contribution in [0.4, 0.5) is 4.39 Å². The molecular weight excluding hydrogens is 257 g/mol. The molecule has 0 spiro atoms. The van der Waals surface area contributed by atoms with Gasteiger partial charge in [-0.25, -0.2) is 4.39 Å². The van der Waals surface area contributed by atoms with E-state index < -0.39 is 0 Å². The number of rotatable bonds is 4. The summed E-state index contributed by atoms with van der Waals surface area (Å²) in [5, 5.41) is 3.45. The van der Waals surface area contributed by atoms with Crippen molar-refractivity contribution < 1.29 is 4.39 Å². The van der Waals surface area contributed by atoms with Gasteiger partial charge in [0.05, 0.1) is 0 Å². The van der Waals surface area contributed by atoms with Crippen molar-refractivity contribution in [3.8, 4) is 0 Å². The lowest BCUT2D eigenvalue weighted by molar-refractivity contribution is 0.605.